The van der Waals surface area contributed by atoms with E-state index >= 15 is 0 Å². The second kappa shape index (κ2) is 7.32. The van der Waals surface area contributed by atoms with Crippen LogP contribution < -0.4 is 0 Å². The van der Waals surface area contributed by atoms with Crippen molar-refractivity contribution in [2.45, 2.75) is 26.3 Å². The number of aromatic nitrogens is 2. The van der Waals surface area contributed by atoms with Crippen LogP contribution in [0, 0.1) is 0 Å². The van der Waals surface area contributed by atoms with Gasteiger partial charge in [0.1, 0.15) is 0 Å². The molecule has 2 heterocycles. The number of carbonyl (C=O) groups excluding carboxylic acids is 1. The lowest BCUT2D eigenvalue weighted by Gasteiger charge is -2.36. The average Bonchev–Trinajstić information content (AvgIpc) is 3.10. The van der Waals surface area contributed by atoms with E-state index in [2.05, 4.69) is 22.0 Å². The van der Waals surface area contributed by atoms with Crippen molar-refractivity contribution in [2.75, 3.05) is 26.2 Å². The zero-order valence-electron chi connectivity index (χ0n) is 13.9. The summed E-state index contributed by atoms with van der Waals surface area (Å²) < 4.78 is 5.33. The molecule has 0 spiro atoms. The smallest absolute Gasteiger partial charge is 0.253 e. The summed E-state index contributed by atoms with van der Waals surface area (Å²) in [4.78, 5) is 21.1. The van der Waals surface area contributed by atoms with Gasteiger partial charge in [0.15, 0.2) is 5.82 Å². The van der Waals surface area contributed by atoms with Crippen LogP contribution in [-0.2, 0) is 6.42 Å². The first-order valence-electron chi connectivity index (χ1n) is 8.20. The Labute approximate surface area is 146 Å². The van der Waals surface area contributed by atoms with Gasteiger partial charge >= 0.3 is 0 Å². The monoisotopic (exact) mass is 348 g/mol. The van der Waals surface area contributed by atoms with Crippen molar-refractivity contribution in [1.29, 1.82) is 0 Å². The Hall–Kier alpha value is -1.92. The number of halogens is 1. The van der Waals surface area contributed by atoms with Crippen molar-refractivity contribution in [3.05, 3.63) is 46.6 Å². The third-order valence-corrected chi connectivity index (χ3v) is 4.65. The molecule has 128 valence electrons. The van der Waals surface area contributed by atoms with Gasteiger partial charge in [-0.05, 0) is 31.2 Å². The summed E-state index contributed by atoms with van der Waals surface area (Å²) in [5.41, 5.74) is 0.672. The second-order valence-electron chi connectivity index (χ2n) is 5.91. The van der Waals surface area contributed by atoms with E-state index in [0.29, 0.717) is 29.6 Å². The molecule has 1 atom stereocenters. The molecule has 0 bridgehead atoms. The van der Waals surface area contributed by atoms with Crippen LogP contribution in [0.15, 0.2) is 28.8 Å². The molecular formula is C17H21ClN4O2. The molecule has 1 fully saturated rings. The van der Waals surface area contributed by atoms with Crippen LogP contribution in [0.1, 0.15) is 42.0 Å². The summed E-state index contributed by atoms with van der Waals surface area (Å²) in [5, 5.41) is 4.59. The predicted octanol–water partition coefficient (Wildman–Crippen LogP) is 2.80. The van der Waals surface area contributed by atoms with E-state index in [1.165, 1.54) is 0 Å². The maximum absolute atomic E-state index is 12.5. The fourth-order valence-electron chi connectivity index (χ4n) is 2.82. The van der Waals surface area contributed by atoms with Gasteiger partial charge in [0.2, 0.25) is 5.89 Å². The molecule has 0 radical (unpaired) electrons. The quantitative estimate of drug-likeness (QED) is 0.850. The van der Waals surface area contributed by atoms with Crippen LogP contribution in [0.25, 0.3) is 0 Å². The standard InChI is InChI=1S/C17H21ClN4O2/c1-3-15-19-16(24-20-15)12(2)21-8-10-22(11-9-21)17(23)13-4-6-14(18)7-5-13/h4-7,12H,3,8-11H2,1-2H3/t12-/m0/s1. The zero-order valence-corrected chi connectivity index (χ0v) is 14.7. The zero-order chi connectivity index (χ0) is 17.1. The molecule has 1 aromatic heterocycles. The number of benzene rings is 1. The summed E-state index contributed by atoms with van der Waals surface area (Å²) in [6.45, 7) is 6.99. The third-order valence-electron chi connectivity index (χ3n) is 4.40. The summed E-state index contributed by atoms with van der Waals surface area (Å²) >= 11 is 5.88. The van der Waals surface area contributed by atoms with Crippen molar-refractivity contribution in [2.24, 2.45) is 0 Å². The number of amides is 1. The highest BCUT2D eigenvalue weighted by Crippen LogP contribution is 2.21. The van der Waals surface area contributed by atoms with Gasteiger partial charge in [-0.1, -0.05) is 23.7 Å². The van der Waals surface area contributed by atoms with Gasteiger partial charge in [-0.2, -0.15) is 4.98 Å². The third kappa shape index (κ3) is 3.60. The van der Waals surface area contributed by atoms with E-state index in [-0.39, 0.29) is 11.9 Å². The Balaban J connectivity index is 1.58. The van der Waals surface area contributed by atoms with E-state index in [4.69, 9.17) is 16.1 Å². The molecule has 0 N–H and O–H groups in total. The number of nitrogens with zero attached hydrogens (tertiary/aromatic N) is 4. The SMILES string of the molecule is CCc1noc([C@H](C)N2CCN(C(=O)c3ccc(Cl)cc3)CC2)n1. The van der Waals surface area contributed by atoms with Crippen LogP contribution >= 0.6 is 11.6 Å². The van der Waals surface area contributed by atoms with E-state index in [1.807, 2.05) is 11.8 Å². The van der Waals surface area contributed by atoms with Crippen molar-refractivity contribution in [3.63, 3.8) is 0 Å². The van der Waals surface area contributed by atoms with Gasteiger partial charge in [-0.15, -0.1) is 0 Å². The molecule has 6 nitrogen and oxygen atoms in total. The molecule has 1 saturated heterocycles. The summed E-state index contributed by atoms with van der Waals surface area (Å²) in [7, 11) is 0. The van der Waals surface area contributed by atoms with Gasteiger partial charge in [-0.3, -0.25) is 9.69 Å². The van der Waals surface area contributed by atoms with Crippen molar-refractivity contribution >= 4 is 17.5 Å². The number of hydrogen-bond acceptors (Lipinski definition) is 5. The molecule has 1 aromatic carbocycles. The van der Waals surface area contributed by atoms with Crippen LogP contribution in [0.3, 0.4) is 0 Å². The Kier molecular flexibility index (Phi) is 5.16. The predicted molar refractivity (Wildman–Crippen MR) is 91.0 cm³/mol. The van der Waals surface area contributed by atoms with Crippen molar-refractivity contribution in [3.8, 4) is 0 Å². The van der Waals surface area contributed by atoms with Crippen LogP contribution in [-0.4, -0.2) is 52.0 Å². The summed E-state index contributed by atoms with van der Waals surface area (Å²) in [5.74, 6) is 1.42. The lowest BCUT2D eigenvalue weighted by Crippen LogP contribution is -2.49. The molecule has 1 aliphatic heterocycles. The van der Waals surface area contributed by atoms with Gasteiger partial charge in [0.25, 0.3) is 5.91 Å². The van der Waals surface area contributed by atoms with E-state index < -0.39 is 0 Å². The molecular weight excluding hydrogens is 328 g/mol. The van der Waals surface area contributed by atoms with Gasteiger partial charge < -0.3 is 9.42 Å². The Bertz CT molecular complexity index is 693. The average molecular weight is 349 g/mol. The van der Waals surface area contributed by atoms with Crippen molar-refractivity contribution in [1.82, 2.24) is 19.9 Å². The Morgan fingerprint density at radius 2 is 1.92 bits per heavy atom. The highest BCUT2D eigenvalue weighted by Gasteiger charge is 2.27. The minimum Gasteiger partial charge on any atom is -0.338 e. The topological polar surface area (TPSA) is 62.5 Å². The normalized spacial score (nSPS) is 17.0. The number of piperazine rings is 1. The maximum atomic E-state index is 12.5. The van der Waals surface area contributed by atoms with Crippen LogP contribution in [0.4, 0.5) is 0 Å². The first kappa shape index (κ1) is 16.9. The molecule has 2 aromatic rings. The highest BCUT2D eigenvalue weighted by molar-refractivity contribution is 6.30. The fraction of sp³-hybridized carbons (Fsp3) is 0.471. The minimum absolute atomic E-state index is 0.0463. The molecule has 0 aliphatic carbocycles. The molecule has 24 heavy (non-hydrogen) atoms. The Morgan fingerprint density at radius 1 is 1.25 bits per heavy atom. The Morgan fingerprint density at radius 3 is 2.50 bits per heavy atom. The van der Waals surface area contributed by atoms with Crippen LogP contribution in [0.5, 0.6) is 0 Å². The molecule has 3 rings (SSSR count). The number of carbonyl (C=O) groups is 1. The summed E-state index contributed by atoms with van der Waals surface area (Å²) in [6.07, 6.45) is 0.763. The number of rotatable bonds is 4. The van der Waals surface area contributed by atoms with Gasteiger partial charge in [0, 0.05) is 43.2 Å². The molecule has 1 aliphatic rings. The molecule has 1 amide bonds. The van der Waals surface area contributed by atoms with E-state index in [9.17, 15) is 4.79 Å². The number of aryl methyl sites for hydroxylation is 1. The van der Waals surface area contributed by atoms with Gasteiger partial charge in [-0.25, -0.2) is 0 Å². The van der Waals surface area contributed by atoms with E-state index in [0.717, 1.165) is 25.3 Å². The second-order valence-corrected chi connectivity index (χ2v) is 6.35. The lowest BCUT2D eigenvalue weighted by molar-refractivity contribution is 0.0551. The largest absolute Gasteiger partial charge is 0.338 e. The maximum Gasteiger partial charge on any atom is 0.253 e. The molecule has 0 unspecified atom stereocenters. The van der Waals surface area contributed by atoms with Crippen molar-refractivity contribution < 1.29 is 9.32 Å². The first-order chi connectivity index (χ1) is 11.6. The fourth-order valence-corrected chi connectivity index (χ4v) is 2.95. The minimum atomic E-state index is 0.0463. The first-order valence-corrected chi connectivity index (χ1v) is 8.57. The molecule has 0 saturated carbocycles. The van der Waals surface area contributed by atoms with Crippen LogP contribution in [0.2, 0.25) is 5.02 Å². The lowest BCUT2D eigenvalue weighted by atomic mass is 10.1. The van der Waals surface area contributed by atoms with E-state index in [1.54, 1.807) is 24.3 Å². The van der Waals surface area contributed by atoms with Gasteiger partial charge in [0.05, 0.1) is 6.04 Å². The molecule has 7 heteroatoms. The number of hydrogen-bond donors (Lipinski definition) is 0. The summed E-state index contributed by atoms with van der Waals surface area (Å²) in [6, 6.07) is 7.09. The highest BCUT2D eigenvalue weighted by atomic mass is 35.5.